The highest BCUT2D eigenvalue weighted by Gasteiger charge is 2.23. The van der Waals surface area contributed by atoms with Crippen LogP contribution in [0.4, 0.5) is 0 Å². The van der Waals surface area contributed by atoms with Crippen molar-refractivity contribution in [3.63, 3.8) is 0 Å². The lowest BCUT2D eigenvalue weighted by molar-refractivity contribution is 0.134. The molecule has 1 aliphatic rings. The van der Waals surface area contributed by atoms with E-state index in [0.717, 1.165) is 31.6 Å². The molecule has 1 unspecified atom stereocenters. The molecule has 4 nitrogen and oxygen atoms in total. The number of hydrogen-bond donors (Lipinski definition) is 1. The van der Waals surface area contributed by atoms with Crippen LogP contribution in [0.25, 0.3) is 0 Å². The Kier molecular flexibility index (Phi) is 6.15. The zero-order chi connectivity index (χ0) is 15.2. The van der Waals surface area contributed by atoms with Crippen LogP contribution in [0.1, 0.15) is 31.2 Å². The minimum atomic E-state index is 0.563. The first-order valence-corrected chi connectivity index (χ1v) is 7.92. The summed E-state index contributed by atoms with van der Waals surface area (Å²) in [5.41, 5.74) is 6.82. The van der Waals surface area contributed by atoms with Gasteiger partial charge in [-0.3, -0.25) is 4.90 Å². The third-order valence-corrected chi connectivity index (χ3v) is 4.60. The van der Waals surface area contributed by atoms with Gasteiger partial charge in [0.05, 0.1) is 19.2 Å². The number of likely N-dealkylation sites (tertiary alicyclic amines) is 1. The number of ether oxygens (including phenoxy) is 2. The summed E-state index contributed by atoms with van der Waals surface area (Å²) >= 11 is 6.48. The third kappa shape index (κ3) is 3.82. The average molecular weight is 313 g/mol. The van der Waals surface area contributed by atoms with E-state index in [0.29, 0.717) is 22.6 Å². The Hall–Kier alpha value is -0.970. The molecule has 1 aromatic rings. The quantitative estimate of drug-likeness (QED) is 0.877. The van der Waals surface area contributed by atoms with Crippen molar-refractivity contribution in [1.82, 2.24) is 4.90 Å². The van der Waals surface area contributed by atoms with Crippen molar-refractivity contribution >= 4 is 11.6 Å². The molecule has 1 atom stereocenters. The van der Waals surface area contributed by atoms with Gasteiger partial charge in [0.1, 0.15) is 0 Å². The van der Waals surface area contributed by atoms with Crippen molar-refractivity contribution in [3.8, 4) is 11.5 Å². The molecule has 2 N–H and O–H groups in total. The lowest BCUT2D eigenvalue weighted by atomic mass is 9.98. The molecule has 0 amide bonds. The van der Waals surface area contributed by atoms with Gasteiger partial charge in [0.25, 0.3) is 0 Å². The Bertz CT molecular complexity index is 466. The molecule has 2 rings (SSSR count). The lowest BCUT2D eigenvalue weighted by Gasteiger charge is -2.36. The maximum atomic E-state index is 6.48. The lowest BCUT2D eigenvalue weighted by Crippen LogP contribution is -2.40. The van der Waals surface area contributed by atoms with Crippen LogP contribution in [0.2, 0.25) is 5.02 Å². The monoisotopic (exact) mass is 312 g/mol. The molecular formula is C16H25ClN2O2. The molecule has 1 aliphatic heterocycles. The molecule has 0 spiro atoms. The van der Waals surface area contributed by atoms with Gasteiger partial charge in [-0.1, -0.05) is 24.1 Å². The molecule has 1 aromatic carbocycles. The van der Waals surface area contributed by atoms with Crippen LogP contribution in [-0.4, -0.2) is 38.3 Å². The highest BCUT2D eigenvalue weighted by Crippen LogP contribution is 2.38. The van der Waals surface area contributed by atoms with E-state index in [9.17, 15) is 0 Å². The molecular weight excluding hydrogens is 288 g/mol. The number of nitrogens with two attached hydrogens (primary N) is 1. The van der Waals surface area contributed by atoms with Gasteiger partial charge in [-0.05, 0) is 44.0 Å². The van der Waals surface area contributed by atoms with E-state index in [4.69, 9.17) is 26.8 Å². The van der Waals surface area contributed by atoms with E-state index < -0.39 is 0 Å². The molecule has 5 heteroatoms. The maximum Gasteiger partial charge on any atom is 0.179 e. The third-order valence-electron chi connectivity index (χ3n) is 4.19. The summed E-state index contributed by atoms with van der Waals surface area (Å²) < 4.78 is 10.7. The molecule has 0 aromatic heterocycles. The minimum absolute atomic E-state index is 0.563. The van der Waals surface area contributed by atoms with Gasteiger partial charge in [0.15, 0.2) is 11.5 Å². The fourth-order valence-electron chi connectivity index (χ4n) is 3.06. The van der Waals surface area contributed by atoms with Gasteiger partial charge >= 0.3 is 0 Å². The zero-order valence-electron chi connectivity index (χ0n) is 12.9. The number of benzene rings is 1. The smallest absolute Gasteiger partial charge is 0.179 e. The molecule has 118 valence electrons. The van der Waals surface area contributed by atoms with Crippen molar-refractivity contribution in [1.29, 1.82) is 0 Å². The molecule has 0 radical (unpaired) electrons. The highest BCUT2D eigenvalue weighted by atomic mass is 35.5. The molecule has 0 aliphatic carbocycles. The van der Waals surface area contributed by atoms with E-state index in [-0.39, 0.29) is 0 Å². The van der Waals surface area contributed by atoms with Crippen LogP contribution >= 0.6 is 11.6 Å². The molecule has 21 heavy (non-hydrogen) atoms. The zero-order valence-corrected chi connectivity index (χ0v) is 13.7. The van der Waals surface area contributed by atoms with Gasteiger partial charge < -0.3 is 15.2 Å². The summed E-state index contributed by atoms with van der Waals surface area (Å²) in [6.45, 7) is 2.68. The Morgan fingerprint density at radius 3 is 2.76 bits per heavy atom. The normalized spacial score (nSPS) is 19.5. The second kappa shape index (κ2) is 7.87. The van der Waals surface area contributed by atoms with Crippen molar-refractivity contribution in [2.45, 2.75) is 38.3 Å². The summed E-state index contributed by atoms with van der Waals surface area (Å²) in [5.74, 6) is 1.28. The number of hydrogen-bond acceptors (Lipinski definition) is 4. The summed E-state index contributed by atoms with van der Waals surface area (Å²) in [6.07, 6.45) is 4.81. The predicted molar refractivity (Wildman–Crippen MR) is 86.3 cm³/mol. The average Bonchev–Trinajstić information content (AvgIpc) is 2.51. The van der Waals surface area contributed by atoms with Crippen LogP contribution < -0.4 is 15.2 Å². The summed E-state index contributed by atoms with van der Waals surface area (Å²) in [4.78, 5) is 2.49. The molecule has 1 fully saturated rings. The molecule has 1 heterocycles. The first-order chi connectivity index (χ1) is 10.2. The summed E-state index contributed by atoms with van der Waals surface area (Å²) in [7, 11) is 3.24. The molecule has 1 saturated heterocycles. The van der Waals surface area contributed by atoms with Crippen LogP contribution in [0.15, 0.2) is 12.1 Å². The standard InChI is InChI=1S/C16H25ClN2O2/c1-20-14-7-6-12(15(17)16(14)21-2)11-19-10-4-3-5-13(19)8-9-18/h6-7,13H,3-5,8-11,18H2,1-2H3. The number of methoxy groups -OCH3 is 2. The summed E-state index contributed by atoms with van der Waals surface area (Å²) in [6, 6.07) is 4.51. The second-order valence-corrected chi connectivity index (χ2v) is 5.85. The Morgan fingerprint density at radius 2 is 2.10 bits per heavy atom. The van der Waals surface area contributed by atoms with Crippen LogP contribution in [0.5, 0.6) is 11.5 Å². The van der Waals surface area contributed by atoms with Crippen LogP contribution in [-0.2, 0) is 6.54 Å². The van der Waals surface area contributed by atoms with Gasteiger partial charge in [-0.15, -0.1) is 0 Å². The second-order valence-electron chi connectivity index (χ2n) is 5.47. The fraction of sp³-hybridized carbons (Fsp3) is 0.625. The van der Waals surface area contributed by atoms with E-state index >= 15 is 0 Å². The topological polar surface area (TPSA) is 47.7 Å². The molecule has 0 bridgehead atoms. The SMILES string of the molecule is COc1ccc(CN2CCCCC2CCN)c(Cl)c1OC. The first kappa shape index (κ1) is 16.4. The predicted octanol–water partition coefficient (Wildman–Crippen LogP) is 3.06. The number of piperidine rings is 1. The Morgan fingerprint density at radius 1 is 1.29 bits per heavy atom. The van der Waals surface area contributed by atoms with Crippen LogP contribution in [0.3, 0.4) is 0 Å². The fourth-order valence-corrected chi connectivity index (χ4v) is 3.35. The van der Waals surface area contributed by atoms with Crippen molar-refractivity contribution in [2.24, 2.45) is 5.73 Å². The van der Waals surface area contributed by atoms with Crippen molar-refractivity contribution in [3.05, 3.63) is 22.7 Å². The number of rotatable bonds is 6. The summed E-state index contributed by atoms with van der Waals surface area (Å²) in [5, 5.41) is 0.647. The number of halogens is 1. The minimum Gasteiger partial charge on any atom is -0.493 e. The highest BCUT2D eigenvalue weighted by molar-refractivity contribution is 6.33. The molecule has 0 saturated carbocycles. The maximum absolute atomic E-state index is 6.48. The number of nitrogens with zero attached hydrogens (tertiary/aromatic N) is 1. The van der Waals surface area contributed by atoms with Gasteiger partial charge in [0, 0.05) is 12.6 Å². The van der Waals surface area contributed by atoms with E-state index in [1.54, 1.807) is 14.2 Å². The first-order valence-electron chi connectivity index (χ1n) is 7.54. The van der Waals surface area contributed by atoms with Crippen molar-refractivity contribution < 1.29 is 9.47 Å². The van der Waals surface area contributed by atoms with E-state index in [1.807, 2.05) is 12.1 Å². The Labute approximate surface area is 132 Å². The van der Waals surface area contributed by atoms with Gasteiger partial charge in [-0.25, -0.2) is 0 Å². The van der Waals surface area contributed by atoms with Gasteiger partial charge in [0.2, 0.25) is 0 Å². The van der Waals surface area contributed by atoms with Crippen LogP contribution in [0, 0.1) is 0 Å². The Balaban J connectivity index is 2.18. The van der Waals surface area contributed by atoms with Crippen molar-refractivity contribution in [2.75, 3.05) is 27.3 Å². The van der Waals surface area contributed by atoms with E-state index in [2.05, 4.69) is 4.90 Å². The largest absolute Gasteiger partial charge is 0.493 e. The van der Waals surface area contributed by atoms with E-state index in [1.165, 1.54) is 19.3 Å². The van der Waals surface area contributed by atoms with Gasteiger partial charge in [-0.2, -0.15) is 0 Å².